The SMILES string of the molecule is Cc1cccc(C(C)C)c1NC(=O)C(=O)N1CCCC(O)C1. The lowest BCUT2D eigenvalue weighted by Crippen LogP contribution is -2.46. The molecule has 1 unspecified atom stereocenters. The molecule has 1 aliphatic rings. The maximum atomic E-state index is 12.3. The number of piperidine rings is 1. The van der Waals surface area contributed by atoms with Crippen LogP contribution in [0.15, 0.2) is 18.2 Å². The van der Waals surface area contributed by atoms with Crippen LogP contribution in [-0.2, 0) is 9.59 Å². The average Bonchev–Trinajstić information content (AvgIpc) is 2.48. The Morgan fingerprint density at radius 2 is 2.09 bits per heavy atom. The van der Waals surface area contributed by atoms with Crippen molar-refractivity contribution < 1.29 is 14.7 Å². The van der Waals surface area contributed by atoms with E-state index in [2.05, 4.69) is 5.32 Å². The van der Waals surface area contributed by atoms with Gasteiger partial charge in [0.15, 0.2) is 0 Å². The molecule has 120 valence electrons. The maximum Gasteiger partial charge on any atom is 0.313 e. The predicted octanol–water partition coefficient (Wildman–Crippen LogP) is 2.04. The summed E-state index contributed by atoms with van der Waals surface area (Å²) in [5, 5.41) is 12.4. The Balaban J connectivity index is 2.13. The van der Waals surface area contributed by atoms with E-state index < -0.39 is 17.9 Å². The number of benzene rings is 1. The van der Waals surface area contributed by atoms with Gasteiger partial charge < -0.3 is 15.3 Å². The third-order valence-corrected chi connectivity index (χ3v) is 4.04. The lowest BCUT2D eigenvalue weighted by Gasteiger charge is -2.29. The summed E-state index contributed by atoms with van der Waals surface area (Å²) in [6.45, 7) is 6.77. The van der Waals surface area contributed by atoms with Gasteiger partial charge in [0.1, 0.15) is 0 Å². The van der Waals surface area contributed by atoms with Crippen molar-refractivity contribution in [2.24, 2.45) is 0 Å². The second kappa shape index (κ2) is 6.92. The summed E-state index contributed by atoms with van der Waals surface area (Å²) in [4.78, 5) is 25.9. The molecule has 5 heteroatoms. The summed E-state index contributed by atoms with van der Waals surface area (Å²) >= 11 is 0. The fraction of sp³-hybridized carbons (Fsp3) is 0.529. The molecule has 1 atom stereocenters. The first-order valence-electron chi connectivity index (χ1n) is 7.78. The van der Waals surface area contributed by atoms with E-state index in [9.17, 15) is 14.7 Å². The molecule has 1 fully saturated rings. The molecule has 0 bridgehead atoms. The highest BCUT2D eigenvalue weighted by atomic mass is 16.3. The summed E-state index contributed by atoms with van der Waals surface area (Å²) in [6, 6.07) is 5.82. The molecule has 2 amide bonds. The van der Waals surface area contributed by atoms with E-state index in [-0.39, 0.29) is 12.5 Å². The van der Waals surface area contributed by atoms with Crippen LogP contribution in [0.1, 0.15) is 43.7 Å². The highest BCUT2D eigenvalue weighted by Gasteiger charge is 2.27. The molecule has 0 radical (unpaired) electrons. The minimum Gasteiger partial charge on any atom is -0.391 e. The summed E-state index contributed by atoms with van der Waals surface area (Å²) < 4.78 is 0. The number of aryl methyl sites for hydroxylation is 1. The number of carbonyl (C=O) groups excluding carboxylic acids is 2. The molecular formula is C17H24N2O3. The molecular weight excluding hydrogens is 280 g/mol. The van der Waals surface area contributed by atoms with Gasteiger partial charge in [-0.3, -0.25) is 9.59 Å². The van der Waals surface area contributed by atoms with Crippen LogP contribution in [0.4, 0.5) is 5.69 Å². The highest BCUT2D eigenvalue weighted by molar-refractivity contribution is 6.39. The van der Waals surface area contributed by atoms with Crippen molar-refractivity contribution in [1.29, 1.82) is 0 Å². The molecule has 1 heterocycles. The number of para-hydroxylation sites is 1. The van der Waals surface area contributed by atoms with E-state index in [4.69, 9.17) is 0 Å². The number of aliphatic hydroxyl groups excluding tert-OH is 1. The molecule has 1 aromatic rings. The lowest BCUT2D eigenvalue weighted by atomic mass is 9.98. The number of rotatable bonds is 2. The highest BCUT2D eigenvalue weighted by Crippen LogP contribution is 2.27. The minimum absolute atomic E-state index is 0.233. The van der Waals surface area contributed by atoms with Crippen LogP contribution in [0.3, 0.4) is 0 Å². The van der Waals surface area contributed by atoms with Crippen LogP contribution >= 0.6 is 0 Å². The third-order valence-electron chi connectivity index (χ3n) is 4.04. The first-order valence-corrected chi connectivity index (χ1v) is 7.78. The van der Waals surface area contributed by atoms with Gasteiger partial charge in [0.2, 0.25) is 0 Å². The zero-order valence-corrected chi connectivity index (χ0v) is 13.4. The zero-order chi connectivity index (χ0) is 16.3. The smallest absolute Gasteiger partial charge is 0.313 e. The largest absolute Gasteiger partial charge is 0.391 e. The Labute approximate surface area is 131 Å². The van der Waals surface area contributed by atoms with Crippen molar-refractivity contribution in [3.05, 3.63) is 29.3 Å². The Hall–Kier alpha value is -1.88. The number of carbonyl (C=O) groups is 2. The van der Waals surface area contributed by atoms with Crippen molar-refractivity contribution >= 4 is 17.5 Å². The van der Waals surface area contributed by atoms with Gasteiger partial charge in [-0.1, -0.05) is 32.0 Å². The van der Waals surface area contributed by atoms with Gasteiger partial charge in [-0.05, 0) is 36.8 Å². The van der Waals surface area contributed by atoms with Crippen molar-refractivity contribution in [3.8, 4) is 0 Å². The van der Waals surface area contributed by atoms with E-state index in [1.54, 1.807) is 0 Å². The topological polar surface area (TPSA) is 69.6 Å². The number of hydrogen-bond acceptors (Lipinski definition) is 3. The molecule has 0 aromatic heterocycles. The second-order valence-electron chi connectivity index (χ2n) is 6.20. The number of nitrogens with zero attached hydrogens (tertiary/aromatic N) is 1. The Morgan fingerprint density at radius 1 is 1.36 bits per heavy atom. The number of nitrogens with one attached hydrogen (secondary N) is 1. The number of anilines is 1. The van der Waals surface area contributed by atoms with Crippen LogP contribution in [0.25, 0.3) is 0 Å². The normalized spacial score (nSPS) is 18.4. The Kier molecular flexibility index (Phi) is 5.19. The van der Waals surface area contributed by atoms with Gasteiger partial charge in [-0.25, -0.2) is 0 Å². The van der Waals surface area contributed by atoms with E-state index >= 15 is 0 Å². The van der Waals surface area contributed by atoms with Gasteiger partial charge in [-0.2, -0.15) is 0 Å². The number of β-amino-alcohol motifs (C(OH)–C–C–N with tert-alkyl or cyclic N) is 1. The quantitative estimate of drug-likeness (QED) is 0.822. The minimum atomic E-state index is -0.634. The molecule has 2 rings (SSSR count). The van der Waals surface area contributed by atoms with Crippen LogP contribution in [0.5, 0.6) is 0 Å². The van der Waals surface area contributed by atoms with Crippen LogP contribution in [-0.4, -0.2) is 41.0 Å². The number of likely N-dealkylation sites (tertiary alicyclic amines) is 1. The third kappa shape index (κ3) is 3.65. The Morgan fingerprint density at radius 3 is 2.73 bits per heavy atom. The molecule has 5 nitrogen and oxygen atoms in total. The van der Waals surface area contributed by atoms with Crippen LogP contribution in [0, 0.1) is 6.92 Å². The van der Waals surface area contributed by atoms with E-state index in [0.717, 1.165) is 17.5 Å². The fourth-order valence-corrected chi connectivity index (χ4v) is 2.79. The molecule has 1 aromatic carbocycles. The van der Waals surface area contributed by atoms with E-state index in [1.165, 1.54) is 4.90 Å². The monoisotopic (exact) mass is 304 g/mol. The zero-order valence-electron chi connectivity index (χ0n) is 13.4. The van der Waals surface area contributed by atoms with Gasteiger partial charge >= 0.3 is 11.8 Å². The summed E-state index contributed by atoms with van der Waals surface area (Å²) in [5.41, 5.74) is 2.67. The van der Waals surface area contributed by atoms with Crippen molar-refractivity contribution in [3.63, 3.8) is 0 Å². The van der Waals surface area contributed by atoms with Gasteiger partial charge in [0.25, 0.3) is 0 Å². The van der Waals surface area contributed by atoms with Crippen molar-refractivity contribution in [2.45, 2.75) is 45.6 Å². The molecule has 0 spiro atoms. The Bertz CT molecular complexity index is 569. The van der Waals surface area contributed by atoms with Crippen molar-refractivity contribution in [1.82, 2.24) is 4.90 Å². The summed E-state index contributed by atoms with van der Waals surface area (Å²) in [6.07, 6.45) is 0.873. The summed E-state index contributed by atoms with van der Waals surface area (Å²) in [5.74, 6) is -0.955. The van der Waals surface area contributed by atoms with Gasteiger partial charge in [0.05, 0.1) is 6.10 Å². The number of aliphatic hydroxyl groups is 1. The molecule has 1 aliphatic heterocycles. The number of amides is 2. The van der Waals surface area contributed by atoms with Gasteiger partial charge in [0, 0.05) is 18.8 Å². The second-order valence-corrected chi connectivity index (χ2v) is 6.20. The number of hydrogen-bond donors (Lipinski definition) is 2. The molecule has 0 aliphatic carbocycles. The average molecular weight is 304 g/mol. The first kappa shape index (κ1) is 16.5. The van der Waals surface area contributed by atoms with Crippen molar-refractivity contribution in [2.75, 3.05) is 18.4 Å². The molecule has 1 saturated heterocycles. The molecule has 22 heavy (non-hydrogen) atoms. The van der Waals surface area contributed by atoms with Crippen LogP contribution in [0.2, 0.25) is 0 Å². The predicted molar refractivity (Wildman–Crippen MR) is 85.7 cm³/mol. The van der Waals surface area contributed by atoms with E-state index in [1.807, 2.05) is 39.0 Å². The van der Waals surface area contributed by atoms with Gasteiger partial charge in [-0.15, -0.1) is 0 Å². The molecule has 2 N–H and O–H groups in total. The lowest BCUT2D eigenvalue weighted by molar-refractivity contribution is -0.145. The standard InChI is InChI=1S/C17H24N2O3/c1-11(2)14-8-4-6-12(3)15(14)18-16(21)17(22)19-9-5-7-13(20)10-19/h4,6,8,11,13,20H,5,7,9-10H2,1-3H3,(H,18,21). The van der Waals surface area contributed by atoms with E-state index in [0.29, 0.717) is 18.7 Å². The fourth-order valence-electron chi connectivity index (χ4n) is 2.79. The van der Waals surface area contributed by atoms with Crippen LogP contribution < -0.4 is 5.32 Å². The summed E-state index contributed by atoms with van der Waals surface area (Å²) in [7, 11) is 0. The molecule has 0 saturated carbocycles. The maximum absolute atomic E-state index is 12.3. The first-order chi connectivity index (χ1) is 10.4.